The number of hydrogen-bond acceptors (Lipinski definition) is 6. The Labute approximate surface area is 151 Å². The summed E-state index contributed by atoms with van der Waals surface area (Å²) < 4.78 is 5.81. The average molecular weight is 349 g/mol. The molecule has 0 aromatic heterocycles. The minimum absolute atomic E-state index is 0.0741. The number of nitrogens with two attached hydrogens (primary N) is 2. The summed E-state index contributed by atoms with van der Waals surface area (Å²) in [6.07, 6.45) is 0.825. The molecule has 6 N–H and O–H groups in total. The van der Waals surface area contributed by atoms with Gasteiger partial charge in [0.2, 0.25) is 0 Å². The van der Waals surface area contributed by atoms with Crippen LogP contribution in [0.15, 0.2) is 48.2 Å². The van der Waals surface area contributed by atoms with E-state index in [0.717, 1.165) is 17.5 Å². The number of ether oxygens (including phenoxy) is 1. The van der Waals surface area contributed by atoms with Crippen molar-refractivity contribution >= 4 is 11.6 Å². The van der Waals surface area contributed by atoms with Crippen molar-refractivity contribution in [3.8, 4) is 11.8 Å². The maximum absolute atomic E-state index is 11.9. The lowest BCUT2D eigenvalue weighted by Crippen LogP contribution is -2.31. The molecule has 0 atom stereocenters. The summed E-state index contributed by atoms with van der Waals surface area (Å²) >= 11 is 0. The molecule has 7 nitrogen and oxygen atoms in total. The van der Waals surface area contributed by atoms with E-state index in [1.807, 2.05) is 36.4 Å². The summed E-state index contributed by atoms with van der Waals surface area (Å²) in [6.45, 7) is 0.968. The van der Waals surface area contributed by atoms with Crippen molar-refractivity contribution in [2.45, 2.75) is 13.0 Å². The summed E-state index contributed by atoms with van der Waals surface area (Å²) in [5.41, 5.74) is 11.8. The minimum Gasteiger partial charge on any atom is -0.489 e. The van der Waals surface area contributed by atoms with Gasteiger partial charge in [0.05, 0.1) is 5.70 Å². The number of rotatable bonds is 5. The zero-order chi connectivity index (χ0) is 18.5. The average Bonchev–Trinajstić information content (AvgIpc) is 2.68. The van der Waals surface area contributed by atoms with E-state index in [1.54, 1.807) is 12.1 Å². The lowest BCUT2D eigenvalue weighted by molar-refractivity contribution is 0.0945. The topological polar surface area (TPSA) is 126 Å². The van der Waals surface area contributed by atoms with E-state index in [1.165, 1.54) is 0 Å². The fourth-order valence-electron chi connectivity index (χ4n) is 2.79. The summed E-state index contributed by atoms with van der Waals surface area (Å²) in [5, 5.41) is 11.8. The van der Waals surface area contributed by atoms with E-state index in [2.05, 4.69) is 10.7 Å². The molecule has 1 aliphatic rings. The predicted molar refractivity (Wildman–Crippen MR) is 97.3 cm³/mol. The Morgan fingerprint density at radius 3 is 2.92 bits per heavy atom. The summed E-state index contributed by atoms with van der Waals surface area (Å²) in [4.78, 5) is 11.9. The Balaban J connectivity index is 1.76. The lowest BCUT2D eigenvalue weighted by Gasteiger charge is -2.17. The monoisotopic (exact) mass is 349 g/mol. The largest absolute Gasteiger partial charge is 0.489 e. The molecule has 0 fully saturated rings. The molecule has 1 aliphatic heterocycles. The van der Waals surface area contributed by atoms with Gasteiger partial charge < -0.3 is 21.2 Å². The van der Waals surface area contributed by atoms with Crippen LogP contribution in [0.4, 0.5) is 0 Å². The number of fused-ring (bicyclic) bond motifs is 1. The van der Waals surface area contributed by atoms with Gasteiger partial charge in [-0.15, -0.1) is 0 Å². The van der Waals surface area contributed by atoms with Crippen molar-refractivity contribution in [1.82, 2.24) is 10.7 Å². The van der Waals surface area contributed by atoms with E-state index < -0.39 is 0 Å². The Bertz CT molecular complexity index is 914. The van der Waals surface area contributed by atoms with Gasteiger partial charge in [0.1, 0.15) is 18.4 Å². The number of allylic oxidation sites excluding steroid dienone is 1. The highest BCUT2D eigenvalue weighted by atomic mass is 16.5. The molecule has 3 rings (SSSR count). The Kier molecular flexibility index (Phi) is 5.06. The van der Waals surface area contributed by atoms with Crippen LogP contribution in [-0.4, -0.2) is 12.5 Å². The molecular formula is C19H19N5O2. The number of hydrogen-bond donors (Lipinski definition) is 4. The molecule has 132 valence electrons. The van der Waals surface area contributed by atoms with Crippen LogP contribution < -0.4 is 27.1 Å². The molecule has 0 saturated carbocycles. The molecule has 1 heterocycles. The smallest absolute Gasteiger partial charge is 0.251 e. The molecule has 0 bridgehead atoms. The summed E-state index contributed by atoms with van der Waals surface area (Å²) in [7, 11) is 0. The van der Waals surface area contributed by atoms with Crippen molar-refractivity contribution in [3.05, 3.63) is 70.4 Å². The highest BCUT2D eigenvalue weighted by Gasteiger charge is 2.17. The Morgan fingerprint density at radius 1 is 1.31 bits per heavy atom. The lowest BCUT2D eigenvalue weighted by atomic mass is 10.0. The van der Waals surface area contributed by atoms with E-state index in [9.17, 15) is 4.79 Å². The summed E-state index contributed by atoms with van der Waals surface area (Å²) in [6, 6.07) is 14.8. The second-order valence-electron chi connectivity index (χ2n) is 5.86. The molecule has 7 heteroatoms. The van der Waals surface area contributed by atoms with Crippen molar-refractivity contribution < 1.29 is 9.53 Å². The first-order valence-electron chi connectivity index (χ1n) is 8.12. The zero-order valence-corrected chi connectivity index (χ0v) is 14.1. The number of amides is 1. The number of carbonyl (C=O) groups excluding carboxylic acids is 1. The predicted octanol–water partition coefficient (Wildman–Crippen LogP) is 1.17. The van der Waals surface area contributed by atoms with Crippen LogP contribution in [0.25, 0.3) is 5.70 Å². The van der Waals surface area contributed by atoms with Crippen LogP contribution in [0.1, 0.15) is 27.0 Å². The van der Waals surface area contributed by atoms with Crippen molar-refractivity contribution in [2.24, 2.45) is 11.6 Å². The molecule has 0 spiro atoms. The molecule has 26 heavy (non-hydrogen) atoms. The van der Waals surface area contributed by atoms with E-state index in [-0.39, 0.29) is 17.3 Å². The van der Waals surface area contributed by atoms with Gasteiger partial charge in [-0.2, -0.15) is 5.26 Å². The van der Waals surface area contributed by atoms with Crippen molar-refractivity contribution in [1.29, 1.82) is 5.26 Å². The first-order chi connectivity index (χ1) is 12.6. The SMILES string of the molecule is N#C/C(NN)=C(/N)c1cccc(COc2ccc3c(c2)C(=O)NCC3)c1. The third-order valence-corrected chi connectivity index (χ3v) is 4.17. The van der Waals surface area contributed by atoms with Gasteiger partial charge in [0.15, 0.2) is 5.70 Å². The van der Waals surface area contributed by atoms with Gasteiger partial charge in [0, 0.05) is 17.7 Å². The van der Waals surface area contributed by atoms with Crippen LogP contribution in [0.5, 0.6) is 5.75 Å². The van der Waals surface area contributed by atoms with Gasteiger partial charge >= 0.3 is 0 Å². The standard InChI is InChI=1S/C19H19N5O2/c20-10-17(24-22)18(21)14-3-1-2-12(8-14)11-26-15-5-4-13-6-7-23-19(25)16(13)9-15/h1-5,8-9,24H,6-7,11,21-22H2,(H,23,25)/b18-17-. The quantitative estimate of drug-likeness (QED) is 0.365. The zero-order valence-electron chi connectivity index (χ0n) is 14.1. The highest BCUT2D eigenvalue weighted by Crippen LogP contribution is 2.22. The third kappa shape index (κ3) is 3.61. The van der Waals surface area contributed by atoms with Crippen LogP contribution in [0, 0.1) is 11.3 Å². The van der Waals surface area contributed by atoms with Gasteiger partial charge in [-0.3, -0.25) is 4.79 Å². The van der Waals surface area contributed by atoms with Crippen molar-refractivity contribution in [3.63, 3.8) is 0 Å². The molecular weight excluding hydrogens is 330 g/mol. The number of nitriles is 1. The first kappa shape index (κ1) is 17.3. The number of hydrazine groups is 1. The molecule has 1 amide bonds. The first-order valence-corrected chi connectivity index (χ1v) is 8.12. The second kappa shape index (κ2) is 7.59. The number of nitrogens with one attached hydrogen (secondary N) is 2. The maximum Gasteiger partial charge on any atom is 0.251 e. The van der Waals surface area contributed by atoms with Gasteiger partial charge in [0.25, 0.3) is 5.91 Å². The van der Waals surface area contributed by atoms with Crippen LogP contribution in [0.3, 0.4) is 0 Å². The molecule has 0 unspecified atom stereocenters. The highest BCUT2D eigenvalue weighted by molar-refractivity contribution is 5.97. The normalized spacial score (nSPS) is 13.8. The Hall–Kier alpha value is -3.50. The fourth-order valence-corrected chi connectivity index (χ4v) is 2.79. The van der Waals surface area contributed by atoms with E-state index in [0.29, 0.717) is 30.0 Å². The molecule has 2 aromatic rings. The molecule has 0 saturated heterocycles. The number of nitrogens with zero attached hydrogens (tertiary/aromatic N) is 1. The van der Waals surface area contributed by atoms with Crippen molar-refractivity contribution in [2.75, 3.05) is 6.54 Å². The van der Waals surface area contributed by atoms with Gasteiger partial charge in [-0.1, -0.05) is 24.3 Å². The second-order valence-corrected chi connectivity index (χ2v) is 5.86. The molecule has 2 aromatic carbocycles. The van der Waals surface area contributed by atoms with Gasteiger partial charge in [-0.25, -0.2) is 5.84 Å². The number of benzene rings is 2. The number of carbonyl (C=O) groups is 1. The van der Waals surface area contributed by atoms with Crippen LogP contribution >= 0.6 is 0 Å². The Morgan fingerprint density at radius 2 is 2.15 bits per heavy atom. The summed E-state index contributed by atoms with van der Waals surface area (Å²) in [5.74, 6) is 5.84. The molecule has 0 aliphatic carbocycles. The van der Waals surface area contributed by atoms with Crippen LogP contribution in [0.2, 0.25) is 0 Å². The molecule has 0 radical (unpaired) electrons. The maximum atomic E-state index is 11.9. The van der Waals surface area contributed by atoms with E-state index in [4.69, 9.17) is 21.6 Å². The minimum atomic E-state index is -0.0741. The van der Waals surface area contributed by atoms with Gasteiger partial charge in [-0.05, 0) is 35.7 Å². The van der Waals surface area contributed by atoms with E-state index >= 15 is 0 Å². The fraction of sp³-hybridized carbons (Fsp3) is 0.158. The third-order valence-electron chi connectivity index (χ3n) is 4.17. The van der Waals surface area contributed by atoms with Crippen LogP contribution in [-0.2, 0) is 13.0 Å².